The standard InChI is InChI=1S/C20H18F3N3O3S/c21-20(22,23)19-24-18(25-29-19)16-8-6-14(7-9-16)12-26(17-10-11-17)30(27,28)13-15-4-2-1-3-5-15/h1-9,17H,10-13H2. The van der Waals surface area contributed by atoms with Crippen LogP contribution in [-0.2, 0) is 28.5 Å². The van der Waals surface area contributed by atoms with Gasteiger partial charge in [-0.1, -0.05) is 59.8 Å². The van der Waals surface area contributed by atoms with E-state index < -0.39 is 22.1 Å². The summed E-state index contributed by atoms with van der Waals surface area (Å²) in [6.07, 6.45) is -3.08. The van der Waals surface area contributed by atoms with Crippen LogP contribution < -0.4 is 0 Å². The third kappa shape index (κ3) is 4.71. The van der Waals surface area contributed by atoms with Crippen LogP contribution in [0.15, 0.2) is 59.1 Å². The van der Waals surface area contributed by atoms with Gasteiger partial charge in [0, 0.05) is 18.2 Å². The van der Waals surface area contributed by atoms with Crippen LogP contribution in [0.4, 0.5) is 13.2 Å². The summed E-state index contributed by atoms with van der Waals surface area (Å²) in [4.78, 5) is 3.36. The normalized spacial score (nSPS) is 14.9. The van der Waals surface area contributed by atoms with Crippen molar-refractivity contribution < 1.29 is 26.1 Å². The molecule has 1 aliphatic carbocycles. The second-order valence-corrected chi connectivity index (χ2v) is 9.06. The lowest BCUT2D eigenvalue weighted by Gasteiger charge is -2.22. The molecule has 2 aromatic carbocycles. The Hall–Kier alpha value is -2.72. The minimum Gasteiger partial charge on any atom is -0.329 e. The average molecular weight is 437 g/mol. The Kier molecular flexibility index (Phi) is 5.37. The van der Waals surface area contributed by atoms with Crippen molar-refractivity contribution in [3.63, 3.8) is 0 Å². The van der Waals surface area contributed by atoms with Crippen molar-refractivity contribution >= 4 is 10.0 Å². The molecule has 0 N–H and O–H groups in total. The summed E-state index contributed by atoms with van der Waals surface area (Å²) in [5, 5.41) is 3.36. The number of halogens is 3. The lowest BCUT2D eigenvalue weighted by molar-refractivity contribution is -0.159. The fourth-order valence-electron chi connectivity index (χ4n) is 3.08. The van der Waals surface area contributed by atoms with Gasteiger partial charge in [0.05, 0.1) is 5.75 Å². The van der Waals surface area contributed by atoms with Gasteiger partial charge in [-0.25, -0.2) is 8.42 Å². The van der Waals surface area contributed by atoms with E-state index in [1.165, 1.54) is 4.31 Å². The fraction of sp³-hybridized carbons (Fsp3) is 0.300. The van der Waals surface area contributed by atoms with Gasteiger partial charge in [-0.3, -0.25) is 0 Å². The first-order valence-corrected chi connectivity index (χ1v) is 10.9. The number of nitrogens with zero attached hydrogens (tertiary/aromatic N) is 3. The predicted octanol–water partition coefficient (Wildman–Crippen LogP) is 4.25. The van der Waals surface area contributed by atoms with Gasteiger partial charge in [-0.2, -0.15) is 22.5 Å². The van der Waals surface area contributed by atoms with Crippen LogP contribution in [0.2, 0.25) is 0 Å². The van der Waals surface area contributed by atoms with Crippen LogP contribution in [0.1, 0.15) is 29.9 Å². The SMILES string of the molecule is O=S(=O)(Cc1ccccc1)N(Cc1ccc(-c2noc(C(F)(F)F)n2)cc1)C1CC1. The molecule has 0 spiro atoms. The van der Waals surface area contributed by atoms with Crippen molar-refractivity contribution in [2.75, 3.05) is 0 Å². The Morgan fingerprint density at radius 2 is 1.67 bits per heavy atom. The molecule has 0 atom stereocenters. The Morgan fingerprint density at radius 1 is 1.00 bits per heavy atom. The van der Waals surface area contributed by atoms with Crippen LogP contribution >= 0.6 is 0 Å². The predicted molar refractivity (Wildman–Crippen MR) is 102 cm³/mol. The van der Waals surface area contributed by atoms with Gasteiger partial charge < -0.3 is 4.52 Å². The van der Waals surface area contributed by atoms with Crippen molar-refractivity contribution in [2.45, 2.75) is 37.4 Å². The van der Waals surface area contributed by atoms with Gasteiger partial charge in [-0.05, 0) is 24.0 Å². The van der Waals surface area contributed by atoms with E-state index in [0.29, 0.717) is 5.56 Å². The quantitative estimate of drug-likeness (QED) is 0.552. The molecular formula is C20H18F3N3O3S. The lowest BCUT2D eigenvalue weighted by atomic mass is 10.1. The maximum atomic E-state index is 13.0. The summed E-state index contributed by atoms with van der Waals surface area (Å²) in [5.41, 5.74) is 1.79. The molecule has 30 heavy (non-hydrogen) atoms. The average Bonchev–Trinajstić information content (AvgIpc) is 3.40. The van der Waals surface area contributed by atoms with Crippen molar-refractivity contribution in [3.8, 4) is 11.4 Å². The first-order valence-electron chi connectivity index (χ1n) is 9.26. The third-order valence-electron chi connectivity index (χ3n) is 4.72. The fourth-order valence-corrected chi connectivity index (χ4v) is 4.87. The topological polar surface area (TPSA) is 76.3 Å². The van der Waals surface area contributed by atoms with Gasteiger partial charge in [-0.15, -0.1) is 0 Å². The smallest absolute Gasteiger partial charge is 0.329 e. The van der Waals surface area contributed by atoms with Gasteiger partial charge in [0.25, 0.3) is 0 Å². The van der Waals surface area contributed by atoms with Crippen LogP contribution in [0, 0.1) is 0 Å². The zero-order valence-corrected chi connectivity index (χ0v) is 16.5. The van der Waals surface area contributed by atoms with Crippen LogP contribution in [0.5, 0.6) is 0 Å². The zero-order valence-electron chi connectivity index (χ0n) is 15.7. The largest absolute Gasteiger partial charge is 0.471 e. The number of rotatable bonds is 7. The van der Waals surface area contributed by atoms with Crippen LogP contribution in [0.3, 0.4) is 0 Å². The first-order chi connectivity index (χ1) is 14.2. The highest BCUT2D eigenvalue weighted by atomic mass is 32.2. The Bertz CT molecular complexity index is 1110. The van der Waals surface area contributed by atoms with E-state index in [4.69, 9.17) is 0 Å². The minimum absolute atomic E-state index is 0.0232. The molecule has 1 heterocycles. The van der Waals surface area contributed by atoms with E-state index >= 15 is 0 Å². The molecule has 0 unspecified atom stereocenters. The number of sulfonamides is 1. The summed E-state index contributed by atoms with van der Waals surface area (Å²) in [7, 11) is -3.52. The van der Waals surface area contributed by atoms with Crippen LogP contribution in [0.25, 0.3) is 11.4 Å². The Balaban J connectivity index is 1.50. The molecule has 1 aromatic heterocycles. The zero-order chi connectivity index (χ0) is 21.4. The van der Waals surface area contributed by atoms with E-state index in [2.05, 4.69) is 14.7 Å². The molecule has 1 saturated carbocycles. The van der Waals surface area contributed by atoms with Gasteiger partial charge >= 0.3 is 12.1 Å². The summed E-state index contributed by atoms with van der Waals surface area (Å²) in [6, 6.07) is 15.4. The molecule has 4 rings (SSSR count). The molecule has 0 aliphatic heterocycles. The summed E-state index contributed by atoms with van der Waals surface area (Å²) in [5.74, 6) is -1.66. The summed E-state index contributed by atoms with van der Waals surface area (Å²) in [6.45, 7) is 0.195. The minimum atomic E-state index is -4.71. The van der Waals surface area contributed by atoms with E-state index in [1.807, 2.05) is 6.07 Å². The molecular weight excluding hydrogens is 419 g/mol. The lowest BCUT2D eigenvalue weighted by Crippen LogP contribution is -2.33. The number of benzene rings is 2. The number of hydrogen-bond acceptors (Lipinski definition) is 5. The molecule has 158 valence electrons. The van der Waals surface area contributed by atoms with E-state index in [1.54, 1.807) is 48.5 Å². The number of alkyl halides is 3. The monoisotopic (exact) mass is 437 g/mol. The van der Waals surface area contributed by atoms with Gasteiger partial charge in [0.15, 0.2) is 0 Å². The Morgan fingerprint density at radius 3 is 2.23 bits per heavy atom. The van der Waals surface area contributed by atoms with Crippen molar-refractivity contribution in [2.24, 2.45) is 0 Å². The molecule has 0 radical (unpaired) electrons. The second-order valence-electron chi connectivity index (χ2n) is 7.14. The maximum Gasteiger partial charge on any atom is 0.471 e. The molecule has 0 amide bonds. The molecule has 0 saturated heterocycles. The van der Waals surface area contributed by atoms with E-state index in [-0.39, 0.29) is 24.2 Å². The molecule has 6 nitrogen and oxygen atoms in total. The molecule has 10 heteroatoms. The van der Waals surface area contributed by atoms with Crippen molar-refractivity contribution in [1.29, 1.82) is 0 Å². The van der Waals surface area contributed by atoms with Crippen LogP contribution in [-0.4, -0.2) is 28.9 Å². The van der Waals surface area contributed by atoms with Gasteiger partial charge in [0.2, 0.25) is 15.8 Å². The highest BCUT2D eigenvalue weighted by Crippen LogP contribution is 2.33. The van der Waals surface area contributed by atoms with Crippen molar-refractivity contribution in [1.82, 2.24) is 14.4 Å². The van der Waals surface area contributed by atoms with E-state index in [9.17, 15) is 21.6 Å². The number of aromatic nitrogens is 2. The third-order valence-corrected chi connectivity index (χ3v) is 6.56. The van der Waals surface area contributed by atoms with E-state index in [0.717, 1.165) is 24.0 Å². The molecule has 1 fully saturated rings. The second kappa shape index (κ2) is 7.84. The molecule has 1 aliphatic rings. The molecule has 0 bridgehead atoms. The summed E-state index contributed by atoms with van der Waals surface area (Å²) < 4.78 is 69.5. The summed E-state index contributed by atoms with van der Waals surface area (Å²) >= 11 is 0. The first kappa shape index (κ1) is 20.5. The highest BCUT2D eigenvalue weighted by Gasteiger charge is 2.39. The highest BCUT2D eigenvalue weighted by molar-refractivity contribution is 7.88. The molecule has 3 aromatic rings. The number of hydrogen-bond donors (Lipinski definition) is 0. The van der Waals surface area contributed by atoms with Gasteiger partial charge in [0.1, 0.15) is 0 Å². The van der Waals surface area contributed by atoms with Crippen molar-refractivity contribution in [3.05, 3.63) is 71.6 Å². The maximum absolute atomic E-state index is 13.0. The Labute approximate surface area is 171 Å².